The molecule has 0 saturated heterocycles. The van der Waals surface area contributed by atoms with Gasteiger partial charge in [0.2, 0.25) is 10.0 Å². The van der Waals surface area contributed by atoms with Crippen molar-refractivity contribution in [2.24, 2.45) is 5.92 Å². The quantitative estimate of drug-likeness (QED) is 0.827. The number of thiophene rings is 1. The van der Waals surface area contributed by atoms with Crippen LogP contribution in [0.2, 0.25) is 0 Å². The van der Waals surface area contributed by atoms with Gasteiger partial charge in [-0.3, -0.25) is 0 Å². The van der Waals surface area contributed by atoms with Crippen LogP contribution in [-0.4, -0.2) is 21.5 Å². The molecule has 4 nitrogen and oxygen atoms in total. The van der Waals surface area contributed by atoms with E-state index in [0.29, 0.717) is 16.7 Å². The Bertz CT molecular complexity index is 481. The Balaban J connectivity index is 2.04. The van der Waals surface area contributed by atoms with E-state index in [1.807, 2.05) is 12.4 Å². The number of hydrogen-bond acceptors (Lipinski definition) is 4. The summed E-state index contributed by atoms with van der Waals surface area (Å²) in [6.45, 7) is 2.79. The van der Waals surface area contributed by atoms with E-state index >= 15 is 0 Å². The second-order valence-electron chi connectivity index (χ2n) is 4.44. The first-order valence-corrected chi connectivity index (χ1v) is 8.17. The van der Waals surface area contributed by atoms with Crippen LogP contribution in [0, 0.1) is 5.92 Å². The van der Waals surface area contributed by atoms with E-state index in [2.05, 4.69) is 17.0 Å². The largest absolute Gasteiger partial charge is 0.316 e. The van der Waals surface area contributed by atoms with Gasteiger partial charge in [-0.2, -0.15) is 0 Å². The third-order valence-electron chi connectivity index (χ3n) is 3.03. The van der Waals surface area contributed by atoms with Crippen LogP contribution in [0.15, 0.2) is 15.7 Å². The molecule has 2 atom stereocenters. The van der Waals surface area contributed by atoms with Gasteiger partial charge < -0.3 is 5.32 Å². The van der Waals surface area contributed by atoms with Gasteiger partial charge in [0, 0.05) is 12.6 Å². The summed E-state index contributed by atoms with van der Waals surface area (Å²) in [5.41, 5.74) is 1.01. The first-order valence-electron chi connectivity index (χ1n) is 5.81. The predicted molar refractivity (Wildman–Crippen MR) is 69.6 cm³/mol. The molecular formula is C11H18N2O2S2. The molecule has 2 rings (SSSR count). The zero-order chi connectivity index (χ0) is 12.5. The topological polar surface area (TPSA) is 58.2 Å². The standard InChI is InChI=1S/C11H18N2O2S2/c1-3-9-5-10(9)13-17(14,15)11-4-8(6-12-2)7-16-11/h4,7,9-10,12-13H,3,5-6H2,1-2H3. The summed E-state index contributed by atoms with van der Waals surface area (Å²) in [6.07, 6.45) is 2.02. The lowest BCUT2D eigenvalue weighted by molar-refractivity contribution is 0.578. The van der Waals surface area contributed by atoms with Crippen molar-refractivity contribution < 1.29 is 8.42 Å². The Kier molecular flexibility index (Phi) is 3.87. The molecule has 0 amide bonds. The van der Waals surface area contributed by atoms with Crippen molar-refractivity contribution in [2.45, 2.75) is 36.6 Å². The lowest BCUT2D eigenvalue weighted by Gasteiger charge is -2.03. The van der Waals surface area contributed by atoms with Gasteiger partial charge in [-0.25, -0.2) is 13.1 Å². The summed E-state index contributed by atoms with van der Waals surface area (Å²) in [5, 5.41) is 4.89. The Morgan fingerprint density at radius 2 is 2.29 bits per heavy atom. The van der Waals surface area contributed by atoms with Crippen molar-refractivity contribution in [3.05, 3.63) is 17.0 Å². The molecule has 0 spiro atoms. The maximum atomic E-state index is 12.0. The minimum Gasteiger partial charge on any atom is -0.316 e. The van der Waals surface area contributed by atoms with Crippen molar-refractivity contribution in [3.63, 3.8) is 0 Å². The van der Waals surface area contributed by atoms with Crippen molar-refractivity contribution in [1.29, 1.82) is 0 Å². The third kappa shape index (κ3) is 3.07. The van der Waals surface area contributed by atoms with Crippen LogP contribution in [0.3, 0.4) is 0 Å². The summed E-state index contributed by atoms with van der Waals surface area (Å²) in [5.74, 6) is 0.529. The monoisotopic (exact) mass is 274 g/mol. The minimum atomic E-state index is -3.30. The molecule has 6 heteroatoms. The van der Waals surface area contributed by atoms with E-state index in [4.69, 9.17) is 0 Å². The molecule has 1 aromatic heterocycles. The van der Waals surface area contributed by atoms with Crippen LogP contribution in [0.5, 0.6) is 0 Å². The zero-order valence-electron chi connectivity index (χ0n) is 10.1. The second kappa shape index (κ2) is 5.06. The number of sulfonamides is 1. The normalized spacial score (nSPS) is 23.9. The molecule has 0 aromatic carbocycles. The van der Waals surface area contributed by atoms with Crippen LogP contribution < -0.4 is 10.0 Å². The van der Waals surface area contributed by atoms with E-state index in [-0.39, 0.29) is 6.04 Å². The lowest BCUT2D eigenvalue weighted by atomic mass is 10.3. The number of hydrogen-bond donors (Lipinski definition) is 2. The van der Waals surface area contributed by atoms with E-state index in [1.54, 1.807) is 6.07 Å². The average Bonchev–Trinajstić information content (AvgIpc) is 2.82. The van der Waals surface area contributed by atoms with Gasteiger partial charge in [0.25, 0.3) is 0 Å². The fraction of sp³-hybridized carbons (Fsp3) is 0.636. The van der Waals surface area contributed by atoms with Gasteiger partial charge in [-0.05, 0) is 36.4 Å². The summed E-state index contributed by atoms with van der Waals surface area (Å²) in [6, 6.07) is 1.90. The van der Waals surface area contributed by atoms with Crippen LogP contribution in [0.1, 0.15) is 25.3 Å². The van der Waals surface area contributed by atoms with E-state index in [1.165, 1.54) is 11.3 Å². The maximum absolute atomic E-state index is 12.0. The van der Waals surface area contributed by atoms with Crippen molar-refractivity contribution in [2.75, 3.05) is 7.05 Å². The first kappa shape index (κ1) is 13.0. The van der Waals surface area contributed by atoms with E-state index in [0.717, 1.165) is 18.4 Å². The third-order valence-corrected chi connectivity index (χ3v) is 6.01. The molecule has 0 bridgehead atoms. The van der Waals surface area contributed by atoms with Crippen molar-refractivity contribution in [1.82, 2.24) is 10.0 Å². The van der Waals surface area contributed by atoms with Crippen LogP contribution in [0.4, 0.5) is 0 Å². The molecule has 96 valence electrons. The maximum Gasteiger partial charge on any atom is 0.250 e. The molecule has 17 heavy (non-hydrogen) atoms. The Hall–Kier alpha value is -0.430. The van der Waals surface area contributed by atoms with Gasteiger partial charge in [0.15, 0.2) is 0 Å². The molecule has 2 unspecified atom stereocenters. The summed E-state index contributed by atoms with van der Waals surface area (Å²) in [7, 11) is -1.45. The summed E-state index contributed by atoms with van der Waals surface area (Å²) < 4.78 is 27.3. The lowest BCUT2D eigenvalue weighted by Crippen LogP contribution is -2.26. The highest BCUT2D eigenvalue weighted by atomic mass is 32.2. The van der Waals surface area contributed by atoms with E-state index < -0.39 is 10.0 Å². The van der Waals surface area contributed by atoms with Crippen LogP contribution in [0.25, 0.3) is 0 Å². The molecule has 2 N–H and O–H groups in total. The summed E-state index contributed by atoms with van der Waals surface area (Å²) in [4.78, 5) is 0. The SMILES string of the molecule is CCC1CC1NS(=O)(=O)c1cc(CNC)cs1. The van der Waals surface area contributed by atoms with Gasteiger partial charge >= 0.3 is 0 Å². The van der Waals surface area contributed by atoms with Crippen molar-refractivity contribution in [3.8, 4) is 0 Å². The Morgan fingerprint density at radius 3 is 2.88 bits per heavy atom. The number of nitrogens with one attached hydrogen (secondary N) is 2. The van der Waals surface area contributed by atoms with Gasteiger partial charge in [0.05, 0.1) is 0 Å². The molecule has 1 aliphatic rings. The molecule has 0 aliphatic heterocycles. The molecule has 1 heterocycles. The Labute approximate surface area is 106 Å². The smallest absolute Gasteiger partial charge is 0.250 e. The van der Waals surface area contributed by atoms with Gasteiger partial charge in [0.1, 0.15) is 4.21 Å². The molecule has 0 radical (unpaired) electrons. The first-order chi connectivity index (χ1) is 8.06. The highest BCUT2D eigenvalue weighted by Gasteiger charge is 2.38. The van der Waals surface area contributed by atoms with Gasteiger partial charge in [-0.1, -0.05) is 13.3 Å². The molecule has 1 fully saturated rings. The summed E-state index contributed by atoms with van der Waals surface area (Å²) >= 11 is 1.28. The minimum absolute atomic E-state index is 0.153. The van der Waals surface area contributed by atoms with Crippen LogP contribution >= 0.6 is 11.3 Å². The fourth-order valence-corrected chi connectivity index (χ4v) is 4.44. The van der Waals surface area contributed by atoms with Gasteiger partial charge in [-0.15, -0.1) is 11.3 Å². The van der Waals surface area contributed by atoms with E-state index in [9.17, 15) is 8.42 Å². The highest BCUT2D eigenvalue weighted by molar-refractivity contribution is 7.91. The molecule has 1 aromatic rings. The highest BCUT2D eigenvalue weighted by Crippen LogP contribution is 2.35. The fourth-order valence-electron chi connectivity index (χ4n) is 1.89. The zero-order valence-corrected chi connectivity index (χ0v) is 11.7. The average molecular weight is 274 g/mol. The molecular weight excluding hydrogens is 256 g/mol. The predicted octanol–water partition coefficient (Wildman–Crippen LogP) is 1.54. The number of rotatable bonds is 6. The Morgan fingerprint density at radius 1 is 1.53 bits per heavy atom. The molecule has 1 saturated carbocycles. The molecule has 1 aliphatic carbocycles. The van der Waals surface area contributed by atoms with Crippen molar-refractivity contribution >= 4 is 21.4 Å². The van der Waals surface area contributed by atoms with Crippen LogP contribution in [-0.2, 0) is 16.6 Å². The second-order valence-corrected chi connectivity index (χ2v) is 7.29.